The van der Waals surface area contributed by atoms with E-state index in [0.29, 0.717) is 0 Å². The first-order chi connectivity index (χ1) is 9.01. The number of rotatable bonds is 0. The van der Waals surface area contributed by atoms with Gasteiger partial charge >= 0.3 is 0 Å². The molecule has 0 unspecified atom stereocenters. The molecule has 0 heterocycles. The monoisotopic (exact) mass is 252 g/mol. The molecule has 0 aromatic heterocycles. The Morgan fingerprint density at radius 1 is 0.842 bits per heavy atom. The summed E-state index contributed by atoms with van der Waals surface area (Å²) >= 11 is 0. The normalized spacial score (nSPS) is 14.2. The Bertz CT molecular complexity index is 603. The topological polar surface area (TPSA) is 0 Å². The van der Waals surface area contributed by atoms with Crippen molar-refractivity contribution < 1.29 is 0 Å². The first-order valence-corrected chi connectivity index (χ1v) is 7.23. The quantitative estimate of drug-likeness (QED) is 0.569. The van der Waals surface area contributed by atoms with Gasteiger partial charge < -0.3 is 0 Å². The van der Waals surface area contributed by atoms with Gasteiger partial charge in [-0.2, -0.15) is 0 Å². The Hall–Kier alpha value is -1.56. The first kappa shape index (κ1) is 13.9. The fourth-order valence-corrected chi connectivity index (χ4v) is 3.41. The van der Waals surface area contributed by atoms with Crippen LogP contribution in [0.4, 0.5) is 0 Å². The van der Waals surface area contributed by atoms with E-state index in [9.17, 15) is 0 Å². The van der Waals surface area contributed by atoms with Crippen LogP contribution in [0.5, 0.6) is 0 Å². The second-order valence-corrected chi connectivity index (χ2v) is 5.67. The average molecular weight is 252 g/mol. The van der Waals surface area contributed by atoms with Crippen LogP contribution in [0.1, 0.15) is 49.9 Å². The summed E-state index contributed by atoms with van der Waals surface area (Å²) in [5.74, 6) is 0. The molecule has 0 nitrogen and oxygen atoms in total. The van der Waals surface area contributed by atoms with Gasteiger partial charge in [-0.15, -0.1) is 0 Å². The van der Waals surface area contributed by atoms with Gasteiger partial charge in [0.25, 0.3) is 0 Å². The summed E-state index contributed by atoms with van der Waals surface area (Å²) in [6, 6.07) is 13.4. The van der Waals surface area contributed by atoms with E-state index in [4.69, 9.17) is 0 Å². The summed E-state index contributed by atoms with van der Waals surface area (Å²) in [6.45, 7) is 13.1. The molecule has 0 aliphatic heterocycles. The molecule has 2 aromatic carbocycles. The zero-order valence-corrected chi connectivity index (χ0v) is 13.0. The third-order valence-corrected chi connectivity index (χ3v) is 4.00. The van der Waals surface area contributed by atoms with Crippen LogP contribution >= 0.6 is 0 Å². The Morgan fingerprint density at radius 3 is 2.16 bits per heavy atom. The standard InChI is InChI=1S/C17H18.C2H6/c1-11-9-12(2)16-14(10-11)13-7-5-6-8-15(13)17(16,3)4;1-2/h5-10H,1-4H3;1-2H3. The van der Waals surface area contributed by atoms with E-state index in [0.717, 1.165) is 0 Å². The molecule has 100 valence electrons. The highest BCUT2D eigenvalue weighted by molar-refractivity contribution is 5.82. The van der Waals surface area contributed by atoms with Gasteiger partial charge in [0, 0.05) is 5.41 Å². The maximum absolute atomic E-state index is 2.33. The van der Waals surface area contributed by atoms with Crippen molar-refractivity contribution in [3.8, 4) is 11.1 Å². The molecule has 0 spiro atoms. The molecule has 0 heteroatoms. The fraction of sp³-hybridized carbons (Fsp3) is 0.368. The lowest BCUT2D eigenvalue weighted by Crippen LogP contribution is -2.16. The lowest BCUT2D eigenvalue weighted by molar-refractivity contribution is 0.655. The predicted molar refractivity (Wildman–Crippen MR) is 84.8 cm³/mol. The largest absolute Gasteiger partial charge is 0.0683 e. The molecule has 0 radical (unpaired) electrons. The lowest BCUT2D eigenvalue weighted by Gasteiger charge is -2.23. The second-order valence-electron chi connectivity index (χ2n) is 5.67. The molecule has 0 saturated heterocycles. The fourth-order valence-electron chi connectivity index (χ4n) is 3.41. The van der Waals surface area contributed by atoms with Gasteiger partial charge in [0.15, 0.2) is 0 Å². The summed E-state index contributed by atoms with van der Waals surface area (Å²) < 4.78 is 0. The second kappa shape index (κ2) is 4.85. The number of benzene rings is 2. The highest BCUT2D eigenvalue weighted by atomic mass is 14.4. The van der Waals surface area contributed by atoms with Crippen molar-refractivity contribution in [2.75, 3.05) is 0 Å². The predicted octanol–water partition coefficient (Wildman–Crippen LogP) is 5.64. The van der Waals surface area contributed by atoms with Crippen LogP contribution in [0.3, 0.4) is 0 Å². The molecule has 1 aliphatic carbocycles. The van der Waals surface area contributed by atoms with Crippen molar-refractivity contribution in [2.24, 2.45) is 0 Å². The van der Waals surface area contributed by atoms with E-state index >= 15 is 0 Å². The van der Waals surface area contributed by atoms with E-state index < -0.39 is 0 Å². The zero-order chi connectivity index (χ0) is 14.2. The third-order valence-electron chi connectivity index (χ3n) is 4.00. The van der Waals surface area contributed by atoms with Gasteiger partial charge in [0.05, 0.1) is 0 Å². The van der Waals surface area contributed by atoms with Crippen LogP contribution < -0.4 is 0 Å². The van der Waals surface area contributed by atoms with Crippen LogP contribution in [0, 0.1) is 13.8 Å². The minimum atomic E-state index is 0.143. The van der Waals surface area contributed by atoms with Gasteiger partial charge in [-0.3, -0.25) is 0 Å². The molecule has 0 amide bonds. The molecule has 2 aromatic rings. The maximum atomic E-state index is 2.33. The molecule has 0 saturated carbocycles. The van der Waals surface area contributed by atoms with Crippen molar-refractivity contribution in [1.82, 2.24) is 0 Å². The average Bonchev–Trinajstić information content (AvgIpc) is 2.61. The number of fused-ring (bicyclic) bond motifs is 3. The van der Waals surface area contributed by atoms with Crippen LogP contribution in [0.25, 0.3) is 11.1 Å². The molecular formula is C19H24. The third kappa shape index (κ3) is 2.00. The van der Waals surface area contributed by atoms with E-state index in [1.807, 2.05) is 13.8 Å². The van der Waals surface area contributed by atoms with Crippen molar-refractivity contribution in [3.05, 3.63) is 58.7 Å². The molecule has 3 rings (SSSR count). The molecule has 0 N–H and O–H groups in total. The highest BCUT2D eigenvalue weighted by Crippen LogP contribution is 2.49. The van der Waals surface area contributed by atoms with Crippen molar-refractivity contribution in [2.45, 2.75) is 47.0 Å². The molecule has 1 aliphatic rings. The van der Waals surface area contributed by atoms with Crippen molar-refractivity contribution >= 4 is 0 Å². The Morgan fingerprint density at radius 2 is 1.47 bits per heavy atom. The van der Waals surface area contributed by atoms with Crippen LogP contribution in [0.15, 0.2) is 36.4 Å². The van der Waals surface area contributed by atoms with Gasteiger partial charge in [0.2, 0.25) is 0 Å². The highest BCUT2D eigenvalue weighted by Gasteiger charge is 2.36. The van der Waals surface area contributed by atoms with E-state index in [1.54, 1.807) is 0 Å². The number of hydrogen-bond donors (Lipinski definition) is 0. The summed E-state index contributed by atoms with van der Waals surface area (Å²) in [4.78, 5) is 0. The molecule has 0 atom stereocenters. The molecule has 19 heavy (non-hydrogen) atoms. The van der Waals surface area contributed by atoms with Gasteiger partial charge in [-0.05, 0) is 41.7 Å². The smallest absolute Gasteiger partial charge is 0.0161 e. The number of aryl methyl sites for hydroxylation is 2. The molecule has 0 bridgehead atoms. The SMILES string of the molecule is CC.Cc1cc(C)c2c(c1)-c1ccccc1C2(C)C. The maximum Gasteiger partial charge on any atom is 0.0161 e. The van der Waals surface area contributed by atoms with Crippen LogP contribution in [-0.2, 0) is 5.41 Å². The molecule has 0 fully saturated rings. The van der Waals surface area contributed by atoms with Crippen molar-refractivity contribution in [3.63, 3.8) is 0 Å². The minimum absolute atomic E-state index is 0.143. The Labute approximate surface area is 117 Å². The number of hydrogen-bond acceptors (Lipinski definition) is 0. The van der Waals surface area contributed by atoms with Crippen LogP contribution in [-0.4, -0.2) is 0 Å². The minimum Gasteiger partial charge on any atom is -0.0683 e. The first-order valence-electron chi connectivity index (χ1n) is 7.23. The lowest BCUT2D eigenvalue weighted by atomic mass is 9.80. The summed E-state index contributed by atoms with van der Waals surface area (Å²) in [5.41, 5.74) is 8.73. The van der Waals surface area contributed by atoms with E-state index in [1.165, 1.54) is 33.4 Å². The van der Waals surface area contributed by atoms with Crippen molar-refractivity contribution in [1.29, 1.82) is 0 Å². The van der Waals surface area contributed by atoms with Gasteiger partial charge in [-0.1, -0.05) is 69.7 Å². The Kier molecular flexibility index (Phi) is 3.54. The van der Waals surface area contributed by atoms with E-state index in [2.05, 4.69) is 64.1 Å². The van der Waals surface area contributed by atoms with E-state index in [-0.39, 0.29) is 5.41 Å². The summed E-state index contributed by atoms with van der Waals surface area (Å²) in [7, 11) is 0. The Balaban J connectivity index is 0.000000637. The van der Waals surface area contributed by atoms with Gasteiger partial charge in [-0.25, -0.2) is 0 Å². The summed E-state index contributed by atoms with van der Waals surface area (Å²) in [6.07, 6.45) is 0. The van der Waals surface area contributed by atoms with Crippen LogP contribution in [0.2, 0.25) is 0 Å². The summed E-state index contributed by atoms with van der Waals surface area (Å²) in [5, 5.41) is 0. The molecular weight excluding hydrogens is 228 g/mol. The zero-order valence-electron chi connectivity index (χ0n) is 13.0. The van der Waals surface area contributed by atoms with Gasteiger partial charge in [0.1, 0.15) is 0 Å².